The van der Waals surface area contributed by atoms with Crippen LogP contribution >= 0.6 is 0 Å². The van der Waals surface area contributed by atoms with Crippen LogP contribution in [0.4, 0.5) is 0 Å². The molecule has 1 unspecified atom stereocenters. The first-order valence-electron chi connectivity index (χ1n) is 5.89. The highest BCUT2D eigenvalue weighted by molar-refractivity contribution is 5.91. The van der Waals surface area contributed by atoms with E-state index in [-0.39, 0.29) is 18.2 Å². The molecule has 2 heterocycles. The van der Waals surface area contributed by atoms with Gasteiger partial charge in [0.1, 0.15) is 11.4 Å². The van der Waals surface area contributed by atoms with E-state index in [1.807, 2.05) is 0 Å². The number of nitrogens with one attached hydrogen (secondary N) is 1. The van der Waals surface area contributed by atoms with Crippen molar-refractivity contribution in [1.82, 2.24) is 5.32 Å². The highest BCUT2D eigenvalue weighted by Crippen LogP contribution is 2.21. The van der Waals surface area contributed by atoms with Crippen LogP contribution in [0, 0.1) is 0 Å². The molecule has 1 saturated heterocycles. The van der Waals surface area contributed by atoms with Gasteiger partial charge in [-0.1, -0.05) is 0 Å². The molecule has 0 radical (unpaired) electrons. The van der Waals surface area contributed by atoms with Gasteiger partial charge in [0.2, 0.25) is 0 Å². The zero-order valence-corrected chi connectivity index (χ0v) is 10.4. The Labute approximate surface area is 105 Å². The number of rotatable bonds is 5. The molecule has 100 valence electrons. The molecule has 0 saturated carbocycles. The van der Waals surface area contributed by atoms with E-state index in [1.54, 1.807) is 19.2 Å². The number of carbonyl (C=O) groups excluding carboxylic acids is 1. The van der Waals surface area contributed by atoms with Crippen molar-refractivity contribution in [2.24, 2.45) is 5.73 Å². The number of amides is 1. The molecule has 1 amide bonds. The summed E-state index contributed by atoms with van der Waals surface area (Å²) in [7, 11) is 1.63. The Bertz CT molecular complexity index is 410. The number of ether oxygens (including phenoxy) is 2. The first-order chi connectivity index (χ1) is 8.69. The first-order valence-corrected chi connectivity index (χ1v) is 5.89. The molecule has 0 bridgehead atoms. The maximum absolute atomic E-state index is 11.8. The lowest BCUT2D eigenvalue weighted by Gasteiger charge is -2.25. The lowest BCUT2D eigenvalue weighted by atomic mass is 10.0. The van der Waals surface area contributed by atoms with Crippen LogP contribution in [0.1, 0.15) is 22.7 Å². The second-order valence-corrected chi connectivity index (χ2v) is 4.34. The number of methoxy groups -OCH3 is 1. The van der Waals surface area contributed by atoms with Gasteiger partial charge in [0, 0.05) is 26.7 Å². The zero-order chi connectivity index (χ0) is 13.0. The minimum atomic E-state index is -0.418. The lowest BCUT2D eigenvalue weighted by Crippen LogP contribution is -2.44. The van der Waals surface area contributed by atoms with Crippen LogP contribution in [-0.4, -0.2) is 38.4 Å². The van der Waals surface area contributed by atoms with E-state index in [0.29, 0.717) is 25.5 Å². The Morgan fingerprint density at radius 1 is 1.61 bits per heavy atom. The van der Waals surface area contributed by atoms with Crippen molar-refractivity contribution in [2.45, 2.75) is 18.6 Å². The smallest absolute Gasteiger partial charge is 0.287 e. The predicted octanol–water partition coefficient (Wildman–Crippen LogP) is 0.274. The van der Waals surface area contributed by atoms with Crippen LogP contribution in [0.5, 0.6) is 0 Å². The van der Waals surface area contributed by atoms with Crippen molar-refractivity contribution in [3.05, 3.63) is 23.7 Å². The number of furan rings is 1. The van der Waals surface area contributed by atoms with Gasteiger partial charge in [-0.3, -0.25) is 4.79 Å². The van der Waals surface area contributed by atoms with E-state index in [9.17, 15) is 4.79 Å². The second kappa shape index (κ2) is 5.51. The molecular weight excluding hydrogens is 236 g/mol. The Morgan fingerprint density at radius 3 is 3.00 bits per heavy atom. The van der Waals surface area contributed by atoms with Crippen molar-refractivity contribution in [3.8, 4) is 0 Å². The summed E-state index contributed by atoms with van der Waals surface area (Å²) in [5.74, 6) is 0.587. The van der Waals surface area contributed by atoms with Crippen LogP contribution < -0.4 is 11.1 Å². The Balaban J connectivity index is 1.91. The molecule has 3 N–H and O–H groups in total. The maximum atomic E-state index is 11.8. The van der Waals surface area contributed by atoms with Gasteiger partial charge in [0.15, 0.2) is 5.76 Å². The van der Waals surface area contributed by atoms with Gasteiger partial charge in [0.25, 0.3) is 5.91 Å². The van der Waals surface area contributed by atoms with E-state index in [0.717, 1.165) is 6.42 Å². The van der Waals surface area contributed by atoms with Crippen molar-refractivity contribution >= 4 is 5.91 Å². The normalized spacial score (nSPS) is 23.2. The molecule has 6 heteroatoms. The van der Waals surface area contributed by atoms with Crippen LogP contribution in [0.2, 0.25) is 0 Å². The molecule has 6 nitrogen and oxygen atoms in total. The van der Waals surface area contributed by atoms with E-state index < -0.39 is 5.60 Å². The average Bonchev–Trinajstić information content (AvgIpc) is 3.05. The molecule has 1 atom stereocenters. The summed E-state index contributed by atoms with van der Waals surface area (Å²) in [6.45, 7) is 1.84. The SMILES string of the molecule is COC1(CNC(=O)c2ccc(CN)o2)CCOC1. The molecule has 1 aliphatic heterocycles. The molecule has 0 aliphatic carbocycles. The molecule has 0 spiro atoms. The van der Waals surface area contributed by atoms with E-state index in [1.165, 1.54) is 0 Å². The molecule has 1 fully saturated rings. The molecule has 0 aromatic carbocycles. The van der Waals surface area contributed by atoms with Crippen molar-refractivity contribution in [2.75, 3.05) is 26.9 Å². The fraction of sp³-hybridized carbons (Fsp3) is 0.583. The quantitative estimate of drug-likeness (QED) is 0.787. The summed E-state index contributed by atoms with van der Waals surface area (Å²) >= 11 is 0. The average molecular weight is 254 g/mol. The van der Waals surface area contributed by atoms with Gasteiger partial charge in [0.05, 0.1) is 13.2 Å². The van der Waals surface area contributed by atoms with Gasteiger partial charge in [-0.05, 0) is 12.1 Å². The Morgan fingerprint density at radius 2 is 2.44 bits per heavy atom. The summed E-state index contributed by atoms with van der Waals surface area (Å²) < 4.78 is 16.0. The number of carbonyl (C=O) groups is 1. The van der Waals surface area contributed by atoms with E-state index >= 15 is 0 Å². The molecule has 1 aromatic rings. The topological polar surface area (TPSA) is 86.7 Å². The summed E-state index contributed by atoms with van der Waals surface area (Å²) in [6.07, 6.45) is 0.774. The fourth-order valence-corrected chi connectivity index (χ4v) is 1.90. The fourth-order valence-electron chi connectivity index (χ4n) is 1.90. The van der Waals surface area contributed by atoms with Crippen LogP contribution in [-0.2, 0) is 16.0 Å². The third-order valence-corrected chi connectivity index (χ3v) is 3.16. The van der Waals surface area contributed by atoms with Gasteiger partial charge >= 0.3 is 0 Å². The van der Waals surface area contributed by atoms with Crippen LogP contribution in [0.3, 0.4) is 0 Å². The molecular formula is C12H18N2O4. The van der Waals surface area contributed by atoms with Gasteiger partial charge < -0.3 is 24.9 Å². The number of hydrogen-bond donors (Lipinski definition) is 2. The first kappa shape index (κ1) is 13.1. The Kier molecular flexibility index (Phi) is 4.00. The third-order valence-electron chi connectivity index (χ3n) is 3.16. The monoisotopic (exact) mass is 254 g/mol. The Hall–Kier alpha value is -1.37. The summed E-state index contributed by atoms with van der Waals surface area (Å²) in [6, 6.07) is 3.31. The highest BCUT2D eigenvalue weighted by atomic mass is 16.5. The number of nitrogens with two attached hydrogens (primary N) is 1. The summed E-state index contributed by atoms with van der Waals surface area (Å²) in [4.78, 5) is 11.8. The van der Waals surface area contributed by atoms with Crippen LogP contribution in [0.15, 0.2) is 16.5 Å². The van der Waals surface area contributed by atoms with Crippen LogP contribution in [0.25, 0.3) is 0 Å². The minimum Gasteiger partial charge on any atom is -0.455 e. The molecule has 18 heavy (non-hydrogen) atoms. The molecule has 1 aromatic heterocycles. The zero-order valence-electron chi connectivity index (χ0n) is 10.4. The third kappa shape index (κ3) is 2.72. The summed E-state index contributed by atoms with van der Waals surface area (Å²) in [5.41, 5.74) is 5.00. The van der Waals surface area contributed by atoms with E-state index in [4.69, 9.17) is 19.6 Å². The largest absolute Gasteiger partial charge is 0.455 e. The second-order valence-electron chi connectivity index (χ2n) is 4.34. The van der Waals surface area contributed by atoms with Gasteiger partial charge in [-0.25, -0.2) is 0 Å². The summed E-state index contributed by atoms with van der Waals surface area (Å²) in [5, 5.41) is 2.79. The maximum Gasteiger partial charge on any atom is 0.287 e. The van der Waals surface area contributed by atoms with Gasteiger partial charge in [-0.2, -0.15) is 0 Å². The van der Waals surface area contributed by atoms with Crippen molar-refractivity contribution in [1.29, 1.82) is 0 Å². The highest BCUT2D eigenvalue weighted by Gasteiger charge is 2.35. The molecule has 2 rings (SSSR count). The van der Waals surface area contributed by atoms with Crippen molar-refractivity contribution in [3.63, 3.8) is 0 Å². The minimum absolute atomic E-state index is 0.264. The molecule has 1 aliphatic rings. The predicted molar refractivity (Wildman–Crippen MR) is 64.1 cm³/mol. The van der Waals surface area contributed by atoms with Gasteiger partial charge in [-0.15, -0.1) is 0 Å². The number of hydrogen-bond acceptors (Lipinski definition) is 5. The standard InChI is InChI=1S/C12H18N2O4/c1-16-12(4-5-17-8-12)7-14-11(15)10-3-2-9(6-13)18-10/h2-3H,4-8,13H2,1H3,(H,14,15). The lowest BCUT2D eigenvalue weighted by molar-refractivity contribution is -0.0150. The van der Waals surface area contributed by atoms with E-state index in [2.05, 4.69) is 5.32 Å². The van der Waals surface area contributed by atoms with Crippen molar-refractivity contribution < 1.29 is 18.7 Å².